The second-order valence-corrected chi connectivity index (χ2v) is 5.10. The van der Waals surface area contributed by atoms with Gasteiger partial charge in [0.25, 0.3) is 0 Å². The van der Waals surface area contributed by atoms with E-state index in [1.807, 2.05) is 6.07 Å². The number of esters is 1. The van der Waals surface area contributed by atoms with Crippen LogP contribution in [-0.4, -0.2) is 38.2 Å². The van der Waals surface area contributed by atoms with Gasteiger partial charge < -0.3 is 18.9 Å². The molecule has 6 heteroatoms. The number of hydrogen-bond acceptors (Lipinski definition) is 6. The summed E-state index contributed by atoms with van der Waals surface area (Å²) in [6.45, 7) is -0.348. The first-order valence-electron chi connectivity index (χ1n) is 7.40. The number of ketones is 1. The number of ether oxygens (including phenoxy) is 4. The lowest BCUT2D eigenvalue weighted by Gasteiger charge is -2.24. The molecule has 0 spiro atoms. The molecular formula is C18H16O6. The van der Waals surface area contributed by atoms with Gasteiger partial charge in [0.05, 0.1) is 12.7 Å². The zero-order valence-corrected chi connectivity index (χ0v) is 13.1. The van der Waals surface area contributed by atoms with Gasteiger partial charge >= 0.3 is 5.97 Å². The van der Waals surface area contributed by atoms with Crippen molar-refractivity contribution in [2.24, 2.45) is 0 Å². The van der Waals surface area contributed by atoms with Crippen molar-refractivity contribution in [3.63, 3.8) is 0 Å². The van der Waals surface area contributed by atoms with E-state index in [1.54, 1.807) is 42.5 Å². The first kappa shape index (κ1) is 15.9. The molecular weight excluding hydrogens is 312 g/mol. The van der Waals surface area contributed by atoms with Crippen LogP contribution in [0.4, 0.5) is 0 Å². The van der Waals surface area contributed by atoms with Gasteiger partial charge in [0.2, 0.25) is 11.9 Å². The largest absolute Gasteiger partial charge is 0.496 e. The molecule has 0 radical (unpaired) electrons. The lowest BCUT2D eigenvalue weighted by Crippen LogP contribution is -2.38. The molecule has 0 aliphatic carbocycles. The quantitative estimate of drug-likeness (QED) is 0.619. The number of hydrogen-bond donors (Lipinski definition) is 0. The summed E-state index contributed by atoms with van der Waals surface area (Å²) in [6.07, 6.45) is -0.898. The molecule has 124 valence electrons. The zero-order valence-electron chi connectivity index (χ0n) is 13.1. The molecule has 3 rings (SSSR count). The summed E-state index contributed by atoms with van der Waals surface area (Å²) in [5.41, 5.74) is 0.360. The summed E-state index contributed by atoms with van der Waals surface area (Å²) >= 11 is 0. The average molecular weight is 328 g/mol. The molecule has 0 fully saturated rings. The fourth-order valence-corrected chi connectivity index (χ4v) is 2.32. The molecule has 1 aliphatic rings. The molecule has 0 saturated heterocycles. The van der Waals surface area contributed by atoms with Crippen molar-refractivity contribution in [1.29, 1.82) is 0 Å². The maximum absolute atomic E-state index is 12.2. The van der Waals surface area contributed by atoms with Gasteiger partial charge in [-0.25, -0.2) is 4.79 Å². The average Bonchev–Trinajstić information content (AvgIpc) is 2.65. The van der Waals surface area contributed by atoms with Gasteiger partial charge in [-0.3, -0.25) is 4.79 Å². The van der Waals surface area contributed by atoms with Crippen LogP contribution in [-0.2, 0) is 9.53 Å². The highest BCUT2D eigenvalue weighted by atomic mass is 16.6. The lowest BCUT2D eigenvalue weighted by atomic mass is 10.1. The Morgan fingerprint density at radius 3 is 2.58 bits per heavy atom. The van der Waals surface area contributed by atoms with E-state index < -0.39 is 12.1 Å². The van der Waals surface area contributed by atoms with Gasteiger partial charge in [0, 0.05) is 0 Å². The first-order chi connectivity index (χ1) is 11.7. The number of rotatable bonds is 5. The first-order valence-corrected chi connectivity index (χ1v) is 7.40. The third-order valence-corrected chi connectivity index (χ3v) is 3.52. The number of benzene rings is 2. The Balaban J connectivity index is 1.59. The number of carbonyl (C=O) groups excluding carboxylic acids is 2. The maximum atomic E-state index is 12.2. The van der Waals surface area contributed by atoms with Crippen molar-refractivity contribution in [2.75, 3.05) is 20.3 Å². The molecule has 0 amide bonds. The van der Waals surface area contributed by atoms with Crippen LogP contribution in [0.25, 0.3) is 0 Å². The number of fused-ring (bicyclic) bond motifs is 1. The second-order valence-electron chi connectivity index (χ2n) is 5.10. The fraction of sp³-hybridized carbons (Fsp3) is 0.222. The van der Waals surface area contributed by atoms with Crippen LogP contribution in [0.1, 0.15) is 10.4 Å². The molecule has 6 nitrogen and oxygen atoms in total. The number of methoxy groups -OCH3 is 1. The minimum atomic E-state index is -0.898. The summed E-state index contributed by atoms with van der Waals surface area (Å²) in [5, 5.41) is 0. The van der Waals surface area contributed by atoms with E-state index in [4.69, 9.17) is 18.9 Å². The predicted octanol–water partition coefficient (Wildman–Crippen LogP) is 2.26. The van der Waals surface area contributed by atoms with Gasteiger partial charge in [-0.15, -0.1) is 0 Å². The van der Waals surface area contributed by atoms with Crippen molar-refractivity contribution < 1.29 is 28.5 Å². The van der Waals surface area contributed by atoms with E-state index in [0.29, 0.717) is 22.8 Å². The summed E-state index contributed by atoms with van der Waals surface area (Å²) in [5.74, 6) is 0.490. The number of carbonyl (C=O) groups is 2. The van der Waals surface area contributed by atoms with Crippen molar-refractivity contribution in [2.45, 2.75) is 6.10 Å². The Labute approximate surface area is 138 Å². The van der Waals surface area contributed by atoms with E-state index in [-0.39, 0.29) is 19.0 Å². The van der Waals surface area contributed by atoms with Crippen LogP contribution in [0.5, 0.6) is 17.2 Å². The van der Waals surface area contributed by atoms with Gasteiger partial charge in [-0.1, -0.05) is 24.3 Å². The van der Waals surface area contributed by atoms with Gasteiger partial charge in [0.15, 0.2) is 18.1 Å². The van der Waals surface area contributed by atoms with Crippen LogP contribution in [0.3, 0.4) is 0 Å². The summed E-state index contributed by atoms with van der Waals surface area (Å²) in [4.78, 5) is 24.3. The minimum absolute atomic E-state index is 0.0404. The molecule has 1 heterocycles. The fourth-order valence-electron chi connectivity index (χ4n) is 2.32. The van der Waals surface area contributed by atoms with E-state index in [1.165, 1.54) is 7.11 Å². The smallest absolute Gasteiger partial charge is 0.351 e. The van der Waals surface area contributed by atoms with Crippen LogP contribution in [0.2, 0.25) is 0 Å². The van der Waals surface area contributed by atoms with E-state index in [0.717, 1.165) is 0 Å². The molecule has 1 aliphatic heterocycles. The van der Waals surface area contributed by atoms with Crippen molar-refractivity contribution >= 4 is 11.8 Å². The van der Waals surface area contributed by atoms with Crippen LogP contribution in [0, 0.1) is 0 Å². The molecule has 2 aromatic rings. The Hall–Kier alpha value is -3.02. The molecule has 0 N–H and O–H groups in total. The number of Topliss-reactive ketones (excluding diaryl/α,β-unsaturated/α-hetero) is 1. The summed E-state index contributed by atoms with van der Waals surface area (Å²) in [6, 6.07) is 13.8. The highest BCUT2D eigenvalue weighted by Gasteiger charge is 2.29. The standard InChI is InChI=1S/C18H16O6/c1-21-14-7-3-2-6-12(14)13(19)10-23-18(20)17-11-22-15-8-4-5-9-16(15)24-17/h2-9,17H,10-11H2,1H3/t17-/m1/s1. The Kier molecular flexibility index (Phi) is 4.65. The number of para-hydroxylation sites is 3. The lowest BCUT2D eigenvalue weighted by molar-refractivity contribution is -0.153. The second kappa shape index (κ2) is 7.04. The summed E-state index contributed by atoms with van der Waals surface area (Å²) in [7, 11) is 1.47. The normalized spacial score (nSPS) is 15.5. The van der Waals surface area contributed by atoms with Crippen LogP contribution < -0.4 is 14.2 Å². The molecule has 0 unspecified atom stereocenters. The predicted molar refractivity (Wildman–Crippen MR) is 84.6 cm³/mol. The maximum Gasteiger partial charge on any atom is 0.351 e. The van der Waals surface area contributed by atoms with Gasteiger partial charge in [-0.2, -0.15) is 0 Å². The molecule has 0 bridgehead atoms. The Morgan fingerprint density at radius 1 is 1.08 bits per heavy atom. The van der Waals surface area contributed by atoms with E-state index >= 15 is 0 Å². The van der Waals surface area contributed by atoms with Crippen molar-refractivity contribution in [1.82, 2.24) is 0 Å². The topological polar surface area (TPSA) is 71.1 Å². The molecule has 24 heavy (non-hydrogen) atoms. The van der Waals surface area contributed by atoms with Crippen molar-refractivity contribution in [3.05, 3.63) is 54.1 Å². The third kappa shape index (κ3) is 3.32. The third-order valence-electron chi connectivity index (χ3n) is 3.52. The minimum Gasteiger partial charge on any atom is -0.496 e. The monoisotopic (exact) mass is 328 g/mol. The zero-order chi connectivity index (χ0) is 16.9. The molecule has 0 saturated carbocycles. The highest BCUT2D eigenvalue weighted by Crippen LogP contribution is 2.31. The van der Waals surface area contributed by atoms with Gasteiger partial charge in [0.1, 0.15) is 12.4 Å². The van der Waals surface area contributed by atoms with Crippen LogP contribution in [0.15, 0.2) is 48.5 Å². The van der Waals surface area contributed by atoms with E-state index in [9.17, 15) is 9.59 Å². The SMILES string of the molecule is COc1ccccc1C(=O)COC(=O)[C@H]1COc2ccccc2O1. The van der Waals surface area contributed by atoms with Gasteiger partial charge in [-0.05, 0) is 24.3 Å². The van der Waals surface area contributed by atoms with E-state index in [2.05, 4.69) is 0 Å². The molecule has 1 atom stereocenters. The van der Waals surface area contributed by atoms with Crippen molar-refractivity contribution in [3.8, 4) is 17.2 Å². The molecule has 2 aromatic carbocycles. The molecule has 0 aromatic heterocycles. The van der Waals surface area contributed by atoms with Crippen LogP contribution >= 0.6 is 0 Å². The highest BCUT2D eigenvalue weighted by molar-refractivity contribution is 6.00. The summed E-state index contributed by atoms with van der Waals surface area (Å²) < 4.78 is 21.2. The Bertz CT molecular complexity index is 755. The Morgan fingerprint density at radius 2 is 1.79 bits per heavy atom.